The fourth-order valence-electron chi connectivity index (χ4n) is 5.26. The van der Waals surface area contributed by atoms with Crippen LogP contribution in [-0.2, 0) is 17.5 Å². The van der Waals surface area contributed by atoms with Crippen molar-refractivity contribution in [1.82, 2.24) is 5.27 Å². The Morgan fingerprint density at radius 2 is 1.82 bits per heavy atom. The van der Waals surface area contributed by atoms with Gasteiger partial charge in [0.25, 0.3) is 6.20 Å². The van der Waals surface area contributed by atoms with E-state index in [-0.39, 0.29) is 35.8 Å². The zero-order valence-electron chi connectivity index (χ0n) is 21.2. The van der Waals surface area contributed by atoms with E-state index >= 15 is 0 Å². The van der Waals surface area contributed by atoms with E-state index in [1.54, 1.807) is 4.68 Å². The maximum Gasteiger partial charge on any atom is 0.416 e. The molecule has 0 bridgehead atoms. The number of nitrogens with two attached hydrogens (primary N) is 1. The number of aromatic nitrogens is 2. The standard InChI is InChI=1S/C27H29F3N6O3/c28-27(29,30)19-12-21(14-22(13-19)36-11-10-23(25(36)37)18-4-2-1-3-5-18)32-26(38)33-24-16-35(34-39-24)15-17-6-8-20(31)9-7-17/h1-5,12-14,16-17,20,23H,6-11,15,31H2,(H-,32,33,34,38)/p+1/t17?,20?,23-/m1/s1. The third kappa shape index (κ3) is 6.39. The molecule has 3 aromatic rings. The van der Waals surface area contributed by atoms with Crippen molar-refractivity contribution in [1.29, 1.82) is 0 Å². The van der Waals surface area contributed by atoms with Crippen molar-refractivity contribution >= 4 is 29.2 Å². The second-order valence-corrected chi connectivity index (χ2v) is 10.2. The van der Waals surface area contributed by atoms with Gasteiger partial charge in [0, 0.05) is 29.9 Å². The summed E-state index contributed by atoms with van der Waals surface area (Å²) in [5, 5.41) is 8.80. The summed E-state index contributed by atoms with van der Waals surface area (Å²) in [6.07, 6.45) is 1.18. The Balaban J connectivity index is 1.28. The number of carbonyl (C=O) groups is 2. The highest BCUT2D eigenvalue weighted by Gasteiger charge is 2.36. The molecule has 0 unspecified atom stereocenters. The van der Waals surface area contributed by atoms with Crippen LogP contribution in [0.3, 0.4) is 0 Å². The van der Waals surface area contributed by atoms with Crippen LogP contribution in [0.25, 0.3) is 0 Å². The van der Waals surface area contributed by atoms with Crippen LogP contribution in [0.1, 0.15) is 49.1 Å². The smallest absolute Gasteiger partial charge is 0.328 e. The van der Waals surface area contributed by atoms with Gasteiger partial charge in [-0.2, -0.15) is 13.2 Å². The molecule has 1 aliphatic heterocycles. The van der Waals surface area contributed by atoms with Crippen LogP contribution in [0.2, 0.25) is 0 Å². The number of urea groups is 1. The first-order valence-electron chi connectivity index (χ1n) is 12.9. The molecule has 39 heavy (non-hydrogen) atoms. The molecule has 1 aliphatic carbocycles. The second kappa shape index (κ2) is 11.0. The van der Waals surface area contributed by atoms with Gasteiger partial charge in [-0.3, -0.25) is 14.6 Å². The summed E-state index contributed by atoms with van der Waals surface area (Å²) in [7, 11) is 0. The van der Waals surface area contributed by atoms with Crippen LogP contribution in [0.4, 0.5) is 35.2 Å². The van der Waals surface area contributed by atoms with Crippen LogP contribution in [0.15, 0.2) is 59.3 Å². The number of nitrogens with one attached hydrogen (secondary N) is 2. The lowest BCUT2D eigenvalue weighted by Crippen LogP contribution is -2.40. The van der Waals surface area contributed by atoms with Gasteiger partial charge in [-0.1, -0.05) is 35.0 Å². The summed E-state index contributed by atoms with van der Waals surface area (Å²) in [5.74, 6) is -0.279. The summed E-state index contributed by atoms with van der Waals surface area (Å²) in [6, 6.07) is 11.7. The molecule has 1 aromatic heterocycles. The number of rotatable bonds is 6. The van der Waals surface area contributed by atoms with Crippen molar-refractivity contribution in [2.75, 3.05) is 22.1 Å². The predicted molar refractivity (Wildman–Crippen MR) is 137 cm³/mol. The highest BCUT2D eigenvalue weighted by molar-refractivity contribution is 6.02. The molecule has 5 rings (SSSR count). The maximum atomic E-state index is 13.7. The van der Waals surface area contributed by atoms with E-state index in [2.05, 4.69) is 15.9 Å². The van der Waals surface area contributed by atoms with E-state index in [0.29, 0.717) is 18.9 Å². The van der Waals surface area contributed by atoms with Crippen molar-refractivity contribution in [2.24, 2.45) is 11.7 Å². The number of amides is 3. The van der Waals surface area contributed by atoms with Gasteiger partial charge in [-0.15, -0.1) is 0 Å². The SMILES string of the molecule is NC1CCC(C[n+]2cc(NC(=O)Nc3cc(N4CC[C@H](c5ccccc5)C4=O)cc(C(F)(F)F)c3)on2)CC1. The molecule has 9 nitrogen and oxygen atoms in total. The first-order chi connectivity index (χ1) is 18.7. The van der Waals surface area contributed by atoms with E-state index in [1.165, 1.54) is 17.2 Å². The molecule has 2 heterocycles. The Labute approximate surface area is 223 Å². The van der Waals surface area contributed by atoms with E-state index in [1.807, 2.05) is 30.3 Å². The molecule has 206 valence electrons. The summed E-state index contributed by atoms with van der Waals surface area (Å²) >= 11 is 0. The Bertz CT molecular complexity index is 1320. The third-order valence-corrected chi connectivity index (χ3v) is 7.31. The van der Waals surface area contributed by atoms with E-state index in [0.717, 1.165) is 43.4 Å². The highest BCUT2D eigenvalue weighted by Crippen LogP contribution is 2.38. The van der Waals surface area contributed by atoms with Gasteiger partial charge in [0.2, 0.25) is 11.2 Å². The molecular formula is C27H30F3N6O3+. The van der Waals surface area contributed by atoms with Crippen molar-refractivity contribution in [3.05, 3.63) is 65.9 Å². The van der Waals surface area contributed by atoms with E-state index < -0.39 is 23.7 Å². The molecule has 2 aliphatic rings. The maximum absolute atomic E-state index is 13.7. The number of anilines is 3. The average molecular weight is 544 g/mol. The molecule has 1 saturated heterocycles. The minimum atomic E-state index is -4.68. The van der Waals surface area contributed by atoms with Crippen LogP contribution in [-0.4, -0.2) is 29.8 Å². The first-order valence-corrected chi connectivity index (χ1v) is 12.9. The lowest BCUT2D eigenvalue weighted by Gasteiger charge is -2.22. The Morgan fingerprint density at radius 1 is 1.08 bits per heavy atom. The number of alkyl halides is 3. The lowest BCUT2D eigenvalue weighted by molar-refractivity contribution is -0.767. The van der Waals surface area contributed by atoms with Gasteiger partial charge in [0.05, 0.1) is 11.5 Å². The summed E-state index contributed by atoms with van der Waals surface area (Å²) in [4.78, 5) is 27.1. The average Bonchev–Trinajstić information content (AvgIpc) is 3.51. The molecule has 3 amide bonds. The number of carbonyl (C=O) groups excluding carboxylic acids is 2. The lowest BCUT2D eigenvalue weighted by atomic mass is 9.86. The van der Waals surface area contributed by atoms with Crippen LogP contribution < -0.4 is 25.9 Å². The van der Waals surface area contributed by atoms with Crippen molar-refractivity contribution < 1.29 is 32.0 Å². The van der Waals surface area contributed by atoms with Gasteiger partial charge < -0.3 is 16.0 Å². The third-order valence-electron chi connectivity index (χ3n) is 7.31. The molecule has 2 fully saturated rings. The molecule has 4 N–H and O–H groups in total. The molecule has 1 saturated carbocycles. The number of benzene rings is 2. The van der Waals surface area contributed by atoms with E-state index in [4.69, 9.17) is 10.3 Å². The van der Waals surface area contributed by atoms with Crippen molar-refractivity contribution in [3.63, 3.8) is 0 Å². The quantitative estimate of drug-likeness (QED) is 0.391. The van der Waals surface area contributed by atoms with Crippen molar-refractivity contribution in [3.8, 4) is 0 Å². The molecular weight excluding hydrogens is 513 g/mol. The molecule has 0 spiro atoms. The summed E-state index contributed by atoms with van der Waals surface area (Å²) in [6.45, 7) is 0.876. The largest absolute Gasteiger partial charge is 0.416 e. The second-order valence-electron chi connectivity index (χ2n) is 10.2. The molecule has 12 heteroatoms. The normalized spacial score (nSPS) is 21.7. The zero-order valence-corrected chi connectivity index (χ0v) is 21.2. The fraction of sp³-hybridized carbons (Fsp3) is 0.407. The predicted octanol–water partition coefficient (Wildman–Crippen LogP) is 4.66. The van der Waals surface area contributed by atoms with E-state index in [9.17, 15) is 22.8 Å². The molecule has 0 radical (unpaired) electrons. The van der Waals surface area contributed by atoms with Gasteiger partial charge >= 0.3 is 18.1 Å². The minimum Gasteiger partial charge on any atom is -0.328 e. The molecule has 1 atom stereocenters. The zero-order chi connectivity index (χ0) is 27.6. The summed E-state index contributed by atoms with van der Waals surface area (Å²) in [5.41, 5.74) is 5.74. The number of halogens is 3. The van der Waals surface area contributed by atoms with Crippen molar-refractivity contribution in [2.45, 2.75) is 56.8 Å². The van der Waals surface area contributed by atoms with Crippen LogP contribution in [0, 0.1) is 5.92 Å². The Kier molecular flexibility index (Phi) is 7.56. The van der Waals surface area contributed by atoms with Crippen LogP contribution in [0.5, 0.6) is 0 Å². The topological polar surface area (TPSA) is 117 Å². The number of hydrogen-bond acceptors (Lipinski definition) is 5. The summed E-state index contributed by atoms with van der Waals surface area (Å²) < 4.78 is 47.9. The monoisotopic (exact) mass is 543 g/mol. The van der Waals surface area contributed by atoms with Gasteiger partial charge in [0.15, 0.2) is 6.54 Å². The highest BCUT2D eigenvalue weighted by atomic mass is 19.4. The Hall–Kier alpha value is -3.93. The van der Waals surface area contributed by atoms with Crippen LogP contribution >= 0.6 is 0 Å². The first kappa shape index (κ1) is 26.7. The van der Waals surface area contributed by atoms with Gasteiger partial charge in [0.1, 0.15) is 0 Å². The minimum absolute atomic E-state index is 0.0487. The Morgan fingerprint density at radius 3 is 2.54 bits per heavy atom. The number of hydrogen-bond donors (Lipinski definition) is 3. The number of nitrogens with zero attached hydrogens (tertiary/aromatic N) is 3. The fourth-order valence-corrected chi connectivity index (χ4v) is 5.26. The van der Waals surface area contributed by atoms with Gasteiger partial charge in [-0.25, -0.2) is 4.79 Å². The molecule has 2 aromatic carbocycles. The van der Waals surface area contributed by atoms with Gasteiger partial charge in [-0.05, 0) is 55.9 Å².